The smallest absolute Gasteiger partial charge is 0.330 e. The zero-order chi connectivity index (χ0) is 35.0. The van der Waals surface area contributed by atoms with Gasteiger partial charge in [-0.15, -0.1) is 23.5 Å². The highest BCUT2D eigenvalue weighted by Gasteiger charge is 2.02. The van der Waals surface area contributed by atoms with E-state index in [-0.39, 0.29) is 0 Å². The molecule has 0 fully saturated rings. The van der Waals surface area contributed by atoms with E-state index in [0.29, 0.717) is 31.3 Å². The van der Waals surface area contributed by atoms with Crippen LogP contribution in [0.3, 0.4) is 0 Å². The minimum absolute atomic E-state index is 0.344. The Morgan fingerprint density at radius 1 is 0.560 bits per heavy atom. The van der Waals surface area contributed by atoms with Gasteiger partial charge in [0, 0.05) is 55.7 Å². The van der Waals surface area contributed by atoms with Crippen LogP contribution in [0.2, 0.25) is 0 Å². The van der Waals surface area contributed by atoms with Crippen LogP contribution in [0.15, 0.2) is 144 Å². The summed E-state index contributed by atoms with van der Waals surface area (Å²) < 4.78 is 16.1. The van der Waals surface area contributed by atoms with E-state index in [4.69, 9.17) is 14.2 Å². The fourth-order valence-electron chi connectivity index (χ4n) is 4.54. The number of thioether (sulfide) groups is 2. The third-order valence-corrected chi connectivity index (χ3v) is 9.05. The Labute approximate surface area is 301 Å². The molecule has 0 bridgehead atoms. The summed E-state index contributed by atoms with van der Waals surface area (Å²) in [5, 5.41) is 2.25. The Morgan fingerprint density at radius 2 is 1.00 bits per heavy atom. The van der Waals surface area contributed by atoms with Crippen LogP contribution in [0.25, 0.3) is 10.8 Å². The number of rotatable bonds is 13. The lowest BCUT2D eigenvalue weighted by atomic mass is 10.0. The number of ether oxygens (including phenoxy) is 3. The van der Waals surface area contributed by atoms with Gasteiger partial charge < -0.3 is 14.2 Å². The quantitative estimate of drug-likeness (QED) is 0.0401. The lowest BCUT2D eigenvalue weighted by molar-refractivity contribution is -0.138. The highest BCUT2D eigenvalue weighted by Crippen LogP contribution is 2.22. The van der Waals surface area contributed by atoms with Crippen molar-refractivity contribution in [3.8, 4) is 29.4 Å². The number of fused-ring (bicyclic) bond motifs is 1. The van der Waals surface area contributed by atoms with Crippen molar-refractivity contribution >= 4 is 46.2 Å². The van der Waals surface area contributed by atoms with Crippen molar-refractivity contribution in [3.05, 3.63) is 162 Å². The van der Waals surface area contributed by atoms with Gasteiger partial charge >= 0.3 is 11.9 Å². The van der Waals surface area contributed by atoms with Gasteiger partial charge in [0.15, 0.2) is 0 Å². The van der Waals surface area contributed by atoms with E-state index in [1.165, 1.54) is 12.2 Å². The summed E-state index contributed by atoms with van der Waals surface area (Å²) in [5.41, 5.74) is 4.79. The molecule has 0 aliphatic heterocycles. The first-order chi connectivity index (χ1) is 24.5. The first-order valence-electron chi connectivity index (χ1n) is 15.8. The second kappa shape index (κ2) is 18.8. The van der Waals surface area contributed by atoms with E-state index in [9.17, 15) is 9.59 Å². The number of carbonyl (C=O) groups is 2. The van der Waals surface area contributed by atoms with Gasteiger partial charge in [-0.3, -0.25) is 0 Å². The Hall–Kier alpha value is -5.60. The lowest BCUT2D eigenvalue weighted by Gasteiger charge is -2.08. The van der Waals surface area contributed by atoms with Crippen molar-refractivity contribution in [3.63, 3.8) is 0 Å². The Bertz CT molecular complexity index is 2080. The van der Waals surface area contributed by atoms with E-state index in [1.54, 1.807) is 23.5 Å². The maximum absolute atomic E-state index is 11.1. The summed E-state index contributed by atoms with van der Waals surface area (Å²) in [6.45, 7) is 7.93. The van der Waals surface area contributed by atoms with Gasteiger partial charge in [-0.1, -0.05) is 55.0 Å². The molecule has 0 saturated carbocycles. The molecule has 0 saturated heterocycles. The van der Waals surface area contributed by atoms with Crippen molar-refractivity contribution in [1.82, 2.24) is 0 Å². The van der Waals surface area contributed by atoms with E-state index < -0.39 is 11.9 Å². The minimum atomic E-state index is -0.404. The first-order valence-corrected chi connectivity index (χ1v) is 17.8. The molecule has 0 unspecified atom stereocenters. The van der Waals surface area contributed by atoms with Crippen molar-refractivity contribution < 1.29 is 23.8 Å². The molecule has 7 heteroatoms. The molecule has 248 valence electrons. The molecular formula is C43H34O5S2. The summed E-state index contributed by atoms with van der Waals surface area (Å²) >= 11 is 3.24. The van der Waals surface area contributed by atoms with Crippen LogP contribution in [-0.4, -0.2) is 36.7 Å². The molecule has 0 spiro atoms. The number of benzene rings is 5. The molecule has 50 heavy (non-hydrogen) atoms. The molecule has 0 aliphatic rings. The Kier molecular flexibility index (Phi) is 13.4. The maximum atomic E-state index is 11.1. The molecule has 0 aromatic heterocycles. The molecular weight excluding hydrogens is 661 g/mol. The third kappa shape index (κ3) is 11.5. The number of carbonyl (C=O) groups excluding carboxylic acids is 2. The number of hydrogen-bond acceptors (Lipinski definition) is 7. The zero-order valence-electron chi connectivity index (χ0n) is 27.4. The molecule has 0 N–H and O–H groups in total. The Morgan fingerprint density at radius 3 is 1.52 bits per heavy atom. The average molecular weight is 695 g/mol. The van der Waals surface area contributed by atoms with Crippen molar-refractivity contribution in [2.24, 2.45) is 0 Å². The van der Waals surface area contributed by atoms with E-state index in [2.05, 4.69) is 67.2 Å². The first kappa shape index (κ1) is 35.7. The molecule has 5 aromatic carbocycles. The second-order valence-corrected chi connectivity index (χ2v) is 13.0. The largest absolute Gasteiger partial charge is 0.489 e. The van der Waals surface area contributed by atoms with Gasteiger partial charge in [0.25, 0.3) is 0 Å². The monoisotopic (exact) mass is 694 g/mol. The maximum Gasteiger partial charge on any atom is 0.330 e. The second-order valence-electron chi connectivity index (χ2n) is 10.7. The van der Waals surface area contributed by atoms with Crippen LogP contribution < -0.4 is 4.74 Å². The van der Waals surface area contributed by atoms with Gasteiger partial charge in [-0.2, -0.15) is 0 Å². The van der Waals surface area contributed by atoms with Crippen LogP contribution >= 0.6 is 23.5 Å². The van der Waals surface area contributed by atoms with Gasteiger partial charge in [0.2, 0.25) is 0 Å². The van der Waals surface area contributed by atoms with Crippen LogP contribution in [0, 0.1) is 23.7 Å². The topological polar surface area (TPSA) is 61.8 Å². The third-order valence-electron chi connectivity index (χ3n) is 7.10. The van der Waals surface area contributed by atoms with Crippen LogP contribution in [0.4, 0.5) is 0 Å². The minimum Gasteiger partial charge on any atom is -0.489 e. The molecule has 0 radical (unpaired) electrons. The Balaban J connectivity index is 1.08. The van der Waals surface area contributed by atoms with Gasteiger partial charge in [-0.25, -0.2) is 9.59 Å². The molecule has 0 amide bonds. The molecule has 0 heterocycles. The summed E-state index contributed by atoms with van der Waals surface area (Å²) in [4.78, 5) is 24.4. The van der Waals surface area contributed by atoms with Gasteiger partial charge in [0.1, 0.15) is 25.6 Å². The summed E-state index contributed by atoms with van der Waals surface area (Å²) in [6.07, 6.45) is 2.34. The molecule has 5 rings (SSSR count). The predicted octanol–water partition coefficient (Wildman–Crippen LogP) is 8.86. The van der Waals surface area contributed by atoms with Crippen LogP contribution in [0.5, 0.6) is 5.75 Å². The summed E-state index contributed by atoms with van der Waals surface area (Å²) in [7, 11) is 0. The van der Waals surface area contributed by atoms with Crippen LogP contribution in [-0.2, 0) is 25.7 Å². The SMILES string of the molecule is C=CC(=O)OCCSc1ccc(C#Cc2ccc(OCc3ccc4cc(C#Cc5ccc(SCCOC(=O)C=C)cc5)ccc4c3)cc2)cc1. The fourth-order valence-corrected chi connectivity index (χ4v) is 6.00. The summed E-state index contributed by atoms with van der Waals surface area (Å²) in [5.74, 6) is 14.3. The molecule has 0 atom stereocenters. The molecule has 5 nitrogen and oxygen atoms in total. The van der Waals surface area contributed by atoms with E-state index >= 15 is 0 Å². The highest BCUT2D eigenvalue weighted by atomic mass is 32.2. The summed E-state index contributed by atoms with van der Waals surface area (Å²) in [6, 6.07) is 36.4. The molecule has 5 aromatic rings. The van der Waals surface area contributed by atoms with Gasteiger partial charge in [0.05, 0.1) is 0 Å². The predicted molar refractivity (Wildman–Crippen MR) is 203 cm³/mol. The van der Waals surface area contributed by atoms with Gasteiger partial charge in [-0.05, 0) is 107 Å². The standard InChI is InChI=1S/C43H34O5S2/c1-3-42(44)46-25-27-49-40-21-13-33(14-22-40)6-5-32-11-19-39(20-12-32)48-31-36-10-18-37-29-35(9-17-38(37)30-36)8-7-34-15-23-41(24-16-34)50-28-26-47-43(45)4-2/h3-4,9-24,29-30H,1-2,25-28,31H2. The van der Waals surface area contributed by atoms with E-state index in [1.807, 2.05) is 78.9 Å². The van der Waals surface area contributed by atoms with Crippen molar-refractivity contribution in [2.45, 2.75) is 16.4 Å². The van der Waals surface area contributed by atoms with Crippen LogP contribution in [0.1, 0.15) is 27.8 Å². The zero-order valence-corrected chi connectivity index (χ0v) is 29.0. The lowest BCUT2D eigenvalue weighted by Crippen LogP contribution is -2.03. The normalized spacial score (nSPS) is 10.2. The number of esters is 2. The van der Waals surface area contributed by atoms with E-state index in [0.717, 1.165) is 54.1 Å². The van der Waals surface area contributed by atoms with Crippen molar-refractivity contribution in [2.75, 3.05) is 24.7 Å². The number of hydrogen-bond donors (Lipinski definition) is 0. The highest BCUT2D eigenvalue weighted by molar-refractivity contribution is 7.99. The fraction of sp³-hybridized carbons (Fsp3) is 0.116. The average Bonchev–Trinajstić information content (AvgIpc) is 3.16. The molecule has 0 aliphatic carbocycles. The van der Waals surface area contributed by atoms with Crippen molar-refractivity contribution in [1.29, 1.82) is 0 Å².